The first-order valence-corrected chi connectivity index (χ1v) is 10.8. The van der Waals surface area contributed by atoms with E-state index in [2.05, 4.69) is 15.8 Å². The third-order valence-corrected chi connectivity index (χ3v) is 5.80. The average Bonchev–Trinajstić information content (AvgIpc) is 3.27. The molecule has 166 valence electrons. The normalized spacial score (nSPS) is 11.6. The van der Waals surface area contributed by atoms with E-state index in [0.717, 1.165) is 9.71 Å². The Morgan fingerprint density at radius 2 is 1.78 bits per heavy atom. The van der Waals surface area contributed by atoms with Crippen LogP contribution in [0.3, 0.4) is 0 Å². The minimum absolute atomic E-state index is 0.0867. The van der Waals surface area contributed by atoms with E-state index in [1.807, 2.05) is 6.07 Å². The van der Waals surface area contributed by atoms with Crippen LogP contribution in [0.1, 0.15) is 16.1 Å². The quantitative estimate of drug-likeness (QED) is 0.525. The van der Waals surface area contributed by atoms with Crippen LogP contribution in [0.25, 0.3) is 11.8 Å². The van der Waals surface area contributed by atoms with Gasteiger partial charge in [-0.05, 0) is 35.9 Å². The van der Waals surface area contributed by atoms with E-state index in [1.54, 1.807) is 24.3 Å². The van der Waals surface area contributed by atoms with Gasteiger partial charge in [0, 0.05) is 18.1 Å². The van der Waals surface area contributed by atoms with Crippen LogP contribution >= 0.6 is 0 Å². The fraction of sp³-hybridized carbons (Fsp3) is 0.0952. The van der Waals surface area contributed by atoms with E-state index in [-0.39, 0.29) is 5.69 Å². The summed E-state index contributed by atoms with van der Waals surface area (Å²) >= 11 is 0. The number of amides is 2. The van der Waals surface area contributed by atoms with Crippen molar-refractivity contribution in [2.24, 2.45) is 0 Å². The van der Waals surface area contributed by atoms with Crippen LogP contribution in [0.2, 0.25) is 0 Å². The molecule has 0 bridgehead atoms. The van der Waals surface area contributed by atoms with E-state index in [0.29, 0.717) is 11.3 Å². The number of hydrazine groups is 1. The van der Waals surface area contributed by atoms with Gasteiger partial charge in [0.15, 0.2) is 0 Å². The molecule has 2 amide bonds. The van der Waals surface area contributed by atoms with Crippen molar-refractivity contribution in [3.63, 3.8) is 0 Å². The molecule has 0 fully saturated rings. The molecule has 0 unspecified atom stereocenters. The van der Waals surface area contributed by atoms with Crippen LogP contribution in [0.5, 0.6) is 0 Å². The van der Waals surface area contributed by atoms with Crippen LogP contribution in [-0.2, 0) is 14.8 Å². The van der Waals surface area contributed by atoms with Crippen molar-refractivity contribution in [1.82, 2.24) is 24.7 Å². The lowest BCUT2D eigenvalue weighted by Crippen LogP contribution is -2.46. The van der Waals surface area contributed by atoms with Crippen molar-refractivity contribution in [3.05, 3.63) is 89.6 Å². The van der Waals surface area contributed by atoms with E-state index >= 15 is 0 Å². The molecule has 2 N–H and O–H groups in total. The summed E-state index contributed by atoms with van der Waals surface area (Å²) in [7, 11) is -2.60. The first kappa shape index (κ1) is 22.8. The summed E-state index contributed by atoms with van der Waals surface area (Å²) in [6, 6.07) is 14.2. The maximum Gasteiger partial charge on any atom is 0.288 e. The molecule has 9 nitrogen and oxygen atoms in total. The molecule has 11 heteroatoms. The highest BCUT2D eigenvalue weighted by atomic mass is 32.2. The number of hydrogen-bond acceptors (Lipinski definition) is 5. The zero-order valence-corrected chi connectivity index (χ0v) is 17.8. The maximum atomic E-state index is 13.1. The minimum Gasteiger partial charge on any atom is -0.295 e. The van der Waals surface area contributed by atoms with Crippen LogP contribution in [0.15, 0.2) is 72.5 Å². The minimum atomic E-state index is -3.85. The van der Waals surface area contributed by atoms with Gasteiger partial charge in [0.25, 0.3) is 11.8 Å². The molecular formula is C21H20FN5O4S. The lowest BCUT2D eigenvalue weighted by atomic mass is 10.2. The molecule has 0 radical (unpaired) electrons. The highest BCUT2D eigenvalue weighted by Gasteiger charge is 2.19. The number of nitrogens with zero attached hydrogens (tertiary/aromatic N) is 3. The second-order valence-corrected chi connectivity index (χ2v) is 8.57. The zero-order valence-electron chi connectivity index (χ0n) is 17.0. The van der Waals surface area contributed by atoms with Gasteiger partial charge in [-0.15, -0.1) is 0 Å². The van der Waals surface area contributed by atoms with Gasteiger partial charge in [0.2, 0.25) is 10.0 Å². The molecule has 2 aromatic carbocycles. The fourth-order valence-corrected chi connectivity index (χ4v) is 3.46. The summed E-state index contributed by atoms with van der Waals surface area (Å²) in [6.07, 6.45) is 4.06. The standard InChI is InChI=1S/C21H20FN5O4S/c1-26(32(30,31)12-11-16-5-3-2-4-6-16)14-20(28)24-25-21(29)19-13-23-15-27(19)18-9-7-17(22)8-10-18/h2-13,15H,14H2,1H3,(H,24,28)(H,25,29)/b12-11+. The topological polar surface area (TPSA) is 113 Å². The largest absolute Gasteiger partial charge is 0.295 e. The van der Waals surface area contributed by atoms with Gasteiger partial charge in [0.1, 0.15) is 11.5 Å². The Morgan fingerprint density at radius 3 is 2.47 bits per heavy atom. The van der Waals surface area contributed by atoms with E-state index in [1.165, 1.54) is 54.5 Å². The predicted octanol–water partition coefficient (Wildman–Crippen LogP) is 1.70. The summed E-state index contributed by atoms with van der Waals surface area (Å²) in [6.45, 7) is -0.515. The number of nitrogens with one attached hydrogen (secondary N) is 2. The summed E-state index contributed by atoms with van der Waals surface area (Å²) in [4.78, 5) is 28.4. The van der Waals surface area contributed by atoms with E-state index in [9.17, 15) is 22.4 Å². The number of aromatic nitrogens is 2. The van der Waals surface area contributed by atoms with Crippen LogP contribution in [0, 0.1) is 5.82 Å². The number of sulfonamides is 1. The summed E-state index contributed by atoms with van der Waals surface area (Å²) in [5.41, 5.74) is 5.65. The molecular weight excluding hydrogens is 437 g/mol. The highest BCUT2D eigenvalue weighted by molar-refractivity contribution is 7.92. The Morgan fingerprint density at radius 1 is 1.09 bits per heavy atom. The maximum absolute atomic E-state index is 13.1. The van der Waals surface area contributed by atoms with Crippen LogP contribution in [0.4, 0.5) is 4.39 Å². The molecule has 0 atom stereocenters. The van der Waals surface area contributed by atoms with Crippen molar-refractivity contribution in [3.8, 4) is 5.69 Å². The third-order valence-electron chi connectivity index (χ3n) is 4.32. The Kier molecular flexibility index (Phi) is 7.13. The predicted molar refractivity (Wildman–Crippen MR) is 116 cm³/mol. The van der Waals surface area contributed by atoms with Gasteiger partial charge in [-0.1, -0.05) is 30.3 Å². The second kappa shape index (κ2) is 9.98. The number of imidazole rings is 1. The Balaban J connectivity index is 1.57. The average molecular weight is 457 g/mol. The zero-order chi connectivity index (χ0) is 23.1. The molecule has 0 saturated carbocycles. The number of rotatable bonds is 7. The van der Waals surface area contributed by atoms with Gasteiger partial charge < -0.3 is 0 Å². The molecule has 1 heterocycles. The number of hydrogen-bond donors (Lipinski definition) is 2. The Bertz CT molecular complexity index is 1220. The van der Waals surface area contributed by atoms with Gasteiger partial charge in [-0.3, -0.25) is 25.0 Å². The first-order valence-electron chi connectivity index (χ1n) is 9.33. The molecule has 3 rings (SSSR count). The van der Waals surface area contributed by atoms with Crippen LogP contribution < -0.4 is 10.9 Å². The third kappa shape index (κ3) is 5.86. The number of likely N-dealkylation sites (N-methyl/N-ethyl adjacent to an activating group) is 1. The highest BCUT2D eigenvalue weighted by Crippen LogP contribution is 2.12. The number of carbonyl (C=O) groups is 2. The van der Waals surface area contributed by atoms with Gasteiger partial charge in [-0.25, -0.2) is 17.8 Å². The van der Waals surface area contributed by atoms with Crippen molar-refractivity contribution < 1.29 is 22.4 Å². The molecule has 1 aromatic heterocycles. The SMILES string of the molecule is CN(CC(=O)NNC(=O)c1cncn1-c1ccc(F)cc1)S(=O)(=O)/C=C/c1ccccc1. The lowest BCUT2D eigenvalue weighted by molar-refractivity contribution is -0.121. The Hall–Kier alpha value is -3.83. The second-order valence-electron chi connectivity index (χ2n) is 6.64. The van der Waals surface area contributed by atoms with Crippen molar-refractivity contribution >= 4 is 27.9 Å². The molecule has 3 aromatic rings. The summed E-state index contributed by atoms with van der Waals surface area (Å²) < 4.78 is 40.0. The summed E-state index contributed by atoms with van der Waals surface area (Å²) in [5, 5.41) is 0.995. The molecule has 32 heavy (non-hydrogen) atoms. The number of carbonyl (C=O) groups excluding carboxylic acids is 2. The number of benzene rings is 2. The Labute approximate surface area is 184 Å². The van der Waals surface area contributed by atoms with E-state index < -0.39 is 34.2 Å². The lowest BCUT2D eigenvalue weighted by Gasteiger charge is -2.15. The van der Waals surface area contributed by atoms with E-state index in [4.69, 9.17) is 0 Å². The first-order chi connectivity index (χ1) is 15.3. The van der Waals surface area contributed by atoms with Crippen molar-refractivity contribution in [2.45, 2.75) is 0 Å². The molecule has 0 spiro atoms. The van der Waals surface area contributed by atoms with Crippen molar-refractivity contribution in [1.29, 1.82) is 0 Å². The molecule has 0 aliphatic rings. The van der Waals surface area contributed by atoms with Crippen LogP contribution in [-0.4, -0.2) is 47.7 Å². The van der Waals surface area contributed by atoms with Gasteiger partial charge in [0.05, 0.1) is 19.1 Å². The molecule has 0 aliphatic heterocycles. The monoisotopic (exact) mass is 457 g/mol. The molecule has 0 saturated heterocycles. The fourth-order valence-electron chi connectivity index (χ4n) is 2.63. The smallest absolute Gasteiger partial charge is 0.288 e. The summed E-state index contributed by atoms with van der Waals surface area (Å²) in [5.74, 6) is -1.86. The van der Waals surface area contributed by atoms with Crippen molar-refractivity contribution in [2.75, 3.05) is 13.6 Å². The van der Waals surface area contributed by atoms with Gasteiger partial charge >= 0.3 is 0 Å². The number of halogens is 1. The van der Waals surface area contributed by atoms with Gasteiger partial charge in [-0.2, -0.15) is 4.31 Å². The molecule has 0 aliphatic carbocycles.